The van der Waals surface area contributed by atoms with E-state index in [4.69, 9.17) is 4.74 Å². The molecule has 1 aliphatic rings. The van der Waals surface area contributed by atoms with Crippen molar-refractivity contribution in [2.24, 2.45) is 0 Å². The van der Waals surface area contributed by atoms with E-state index in [2.05, 4.69) is 16.2 Å². The van der Waals surface area contributed by atoms with Gasteiger partial charge in [-0.15, -0.1) is 11.3 Å². The van der Waals surface area contributed by atoms with Gasteiger partial charge in [-0.3, -0.25) is 15.0 Å². The Morgan fingerprint density at radius 2 is 2.12 bits per heavy atom. The van der Waals surface area contributed by atoms with Gasteiger partial charge in [0.15, 0.2) is 0 Å². The first-order valence-electron chi connectivity index (χ1n) is 8.08. The Labute approximate surface area is 146 Å². The number of carbonyl (C=O) groups excluding carboxylic acids is 2. The normalized spacial score (nSPS) is 15.8. The van der Waals surface area contributed by atoms with Crippen molar-refractivity contribution >= 4 is 23.2 Å². The van der Waals surface area contributed by atoms with Crippen LogP contribution in [0.4, 0.5) is 0 Å². The molecule has 24 heavy (non-hydrogen) atoms. The number of hydrazine groups is 1. The van der Waals surface area contributed by atoms with Gasteiger partial charge in [0.25, 0.3) is 0 Å². The first-order valence-corrected chi connectivity index (χ1v) is 8.96. The number of morpholine rings is 1. The summed E-state index contributed by atoms with van der Waals surface area (Å²) in [6, 6.07) is 3.83. The fraction of sp³-hybridized carbons (Fsp3) is 0.500. The molecule has 0 atom stereocenters. The van der Waals surface area contributed by atoms with Crippen LogP contribution >= 0.6 is 11.3 Å². The summed E-state index contributed by atoms with van der Waals surface area (Å²) < 4.78 is 5.30. The van der Waals surface area contributed by atoms with Crippen molar-refractivity contribution < 1.29 is 19.2 Å². The SMILES string of the molecule is C/C(=C\C(=O)NCC[NH+]1CCOCC1)NNC(=O)Cc1cccs1. The Morgan fingerprint density at radius 3 is 2.83 bits per heavy atom. The predicted octanol–water partition coefficient (Wildman–Crippen LogP) is -1.15. The maximum Gasteiger partial charge on any atom is 0.245 e. The molecular formula is C16H25N4O3S+. The highest BCUT2D eigenvalue weighted by atomic mass is 32.1. The van der Waals surface area contributed by atoms with E-state index in [0.29, 0.717) is 18.7 Å². The molecule has 1 aromatic rings. The lowest BCUT2D eigenvalue weighted by atomic mass is 10.3. The second-order valence-electron chi connectivity index (χ2n) is 5.66. The number of quaternary nitrogens is 1. The zero-order valence-corrected chi connectivity index (χ0v) is 14.7. The maximum atomic E-state index is 11.8. The van der Waals surface area contributed by atoms with Crippen molar-refractivity contribution in [1.29, 1.82) is 0 Å². The lowest BCUT2D eigenvalue weighted by Crippen LogP contribution is -3.14. The van der Waals surface area contributed by atoms with Gasteiger partial charge in [-0.25, -0.2) is 0 Å². The van der Waals surface area contributed by atoms with Crippen LogP contribution in [0.1, 0.15) is 11.8 Å². The second kappa shape index (κ2) is 10.1. The van der Waals surface area contributed by atoms with E-state index in [0.717, 1.165) is 37.7 Å². The number of hydrogen-bond acceptors (Lipinski definition) is 5. The molecule has 1 fully saturated rings. The van der Waals surface area contributed by atoms with Gasteiger partial charge in [0.2, 0.25) is 11.8 Å². The zero-order valence-electron chi connectivity index (χ0n) is 13.9. The summed E-state index contributed by atoms with van der Waals surface area (Å²) in [7, 11) is 0. The molecule has 1 aromatic heterocycles. The summed E-state index contributed by atoms with van der Waals surface area (Å²) in [5.74, 6) is -0.304. The molecule has 0 unspecified atom stereocenters. The van der Waals surface area contributed by atoms with Gasteiger partial charge in [-0.05, 0) is 18.4 Å². The van der Waals surface area contributed by atoms with Crippen LogP contribution in [0.3, 0.4) is 0 Å². The fourth-order valence-corrected chi connectivity index (χ4v) is 3.04. The Bertz CT molecular complexity index is 554. The lowest BCUT2D eigenvalue weighted by molar-refractivity contribution is -0.906. The molecule has 0 saturated carbocycles. The zero-order chi connectivity index (χ0) is 17.2. The number of hydrogen-bond donors (Lipinski definition) is 4. The minimum absolute atomic E-state index is 0.137. The Balaban J connectivity index is 1.60. The summed E-state index contributed by atoms with van der Waals surface area (Å²) in [4.78, 5) is 26.0. The van der Waals surface area contributed by atoms with E-state index in [1.165, 1.54) is 22.3 Å². The minimum Gasteiger partial charge on any atom is -0.370 e. The van der Waals surface area contributed by atoms with Gasteiger partial charge in [0, 0.05) is 16.7 Å². The average Bonchev–Trinajstić information content (AvgIpc) is 3.07. The Hall–Kier alpha value is -1.90. The molecule has 0 aromatic carbocycles. The molecule has 7 nitrogen and oxygen atoms in total. The number of ether oxygens (including phenoxy) is 1. The van der Waals surface area contributed by atoms with Crippen molar-refractivity contribution in [3.8, 4) is 0 Å². The van der Waals surface area contributed by atoms with Crippen LogP contribution in [0.5, 0.6) is 0 Å². The van der Waals surface area contributed by atoms with Gasteiger partial charge < -0.3 is 20.4 Å². The predicted molar refractivity (Wildman–Crippen MR) is 92.5 cm³/mol. The minimum atomic E-state index is -0.167. The van der Waals surface area contributed by atoms with Crippen molar-refractivity contribution in [2.45, 2.75) is 13.3 Å². The smallest absolute Gasteiger partial charge is 0.245 e. The van der Waals surface area contributed by atoms with Crippen LogP contribution in [0, 0.1) is 0 Å². The molecule has 0 bridgehead atoms. The quantitative estimate of drug-likeness (QED) is 0.351. The highest BCUT2D eigenvalue weighted by Gasteiger charge is 2.13. The van der Waals surface area contributed by atoms with Gasteiger partial charge in [0.05, 0.1) is 32.7 Å². The second-order valence-corrected chi connectivity index (χ2v) is 6.69. The van der Waals surface area contributed by atoms with Crippen LogP contribution in [0.15, 0.2) is 29.3 Å². The fourth-order valence-electron chi connectivity index (χ4n) is 2.34. The maximum absolute atomic E-state index is 11.8. The molecular weight excluding hydrogens is 328 g/mol. The molecule has 132 valence electrons. The number of thiophene rings is 1. The monoisotopic (exact) mass is 353 g/mol. The van der Waals surface area contributed by atoms with Gasteiger partial charge in [0.1, 0.15) is 13.1 Å². The van der Waals surface area contributed by atoms with Crippen molar-refractivity contribution in [3.63, 3.8) is 0 Å². The number of nitrogens with one attached hydrogen (secondary N) is 4. The van der Waals surface area contributed by atoms with Gasteiger partial charge in [-0.2, -0.15) is 0 Å². The Kier molecular flexibility index (Phi) is 7.73. The van der Waals surface area contributed by atoms with E-state index in [1.807, 2.05) is 17.5 Å². The van der Waals surface area contributed by atoms with Gasteiger partial charge >= 0.3 is 0 Å². The number of amides is 2. The molecule has 2 rings (SSSR count). The standard InChI is InChI=1S/C16H24N4O3S/c1-13(18-19-16(22)12-14-3-2-10-24-14)11-15(21)17-4-5-20-6-8-23-9-7-20/h2-3,10-11,18H,4-9,12H2,1H3,(H,17,21)(H,19,22)/p+1/b13-11+. The molecule has 0 radical (unpaired) electrons. The van der Waals surface area contributed by atoms with Gasteiger partial charge in [-0.1, -0.05) is 6.07 Å². The largest absolute Gasteiger partial charge is 0.370 e. The van der Waals surface area contributed by atoms with E-state index < -0.39 is 0 Å². The number of carbonyl (C=O) groups is 2. The van der Waals surface area contributed by atoms with Crippen LogP contribution in [0.2, 0.25) is 0 Å². The van der Waals surface area contributed by atoms with Crippen LogP contribution < -0.4 is 21.1 Å². The lowest BCUT2D eigenvalue weighted by Gasteiger charge is -2.23. The summed E-state index contributed by atoms with van der Waals surface area (Å²) in [6.07, 6.45) is 1.77. The molecule has 2 amide bonds. The topological polar surface area (TPSA) is 83.9 Å². The number of rotatable bonds is 8. The number of allylic oxidation sites excluding steroid dienone is 1. The highest BCUT2D eigenvalue weighted by molar-refractivity contribution is 7.10. The molecule has 1 saturated heterocycles. The molecule has 4 N–H and O–H groups in total. The van der Waals surface area contributed by atoms with E-state index in [-0.39, 0.29) is 11.8 Å². The van der Waals surface area contributed by atoms with Crippen LogP contribution in [-0.2, 0) is 20.7 Å². The highest BCUT2D eigenvalue weighted by Crippen LogP contribution is 2.08. The average molecular weight is 353 g/mol. The third kappa shape index (κ3) is 7.12. The summed E-state index contributed by atoms with van der Waals surface area (Å²) in [5, 5.41) is 4.79. The van der Waals surface area contributed by atoms with E-state index >= 15 is 0 Å². The first kappa shape index (κ1) is 18.4. The van der Waals surface area contributed by atoms with E-state index in [1.54, 1.807) is 6.92 Å². The molecule has 0 aliphatic carbocycles. The van der Waals surface area contributed by atoms with Crippen molar-refractivity contribution in [1.82, 2.24) is 16.2 Å². The third-order valence-corrected chi connectivity index (χ3v) is 4.52. The first-order chi connectivity index (χ1) is 11.6. The Morgan fingerprint density at radius 1 is 1.33 bits per heavy atom. The van der Waals surface area contributed by atoms with Crippen LogP contribution in [-0.4, -0.2) is 51.2 Å². The molecule has 1 aliphatic heterocycles. The molecule has 2 heterocycles. The summed E-state index contributed by atoms with van der Waals surface area (Å²) in [6.45, 7) is 6.81. The van der Waals surface area contributed by atoms with Crippen molar-refractivity contribution in [3.05, 3.63) is 34.2 Å². The molecule has 0 spiro atoms. The van der Waals surface area contributed by atoms with Crippen molar-refractivity contribution in [2.75, 3.05) is 39.4 Å². The summed E-state index contributed by atoms with van der Waals surface area (Å²) in [5.41, 5.74) is 5.92. The van der Waals surface area contributed by atoms with Crippen LogP contribution in [0.25, 0.3) is 0 Å². The summed E-state index contributed by atoms with van der Waals surface area (Å²) >= 11 is 1.54. The third-order valence-electron chi connectivity index (χ3n) is 3.64. The van der Waals surface area contributed by atoms with E-state index in [9.17, 15) is 9.59 Å². The molecule has 8 heteroatoms.